The van der Waals surface area contributed by atoms with Crippen molar-refractivity contribution in [1.82, 2.24) is 5.32 Å². The summed E-state index contributed by atoms with van der Waals surface area (Å²) in [5.74, 6) is -0.391. The summed E-state index contributed by atoms with van der Waals surface area (Å²) in [5.41, 5.74) is 0.421. The van der Waals surface area contributed by atoms with Crippen LogP contribution in [0.5, 0.6) is 0 Å². The van der Waals surface area contributed by atoms with Gasteiger partial charge in [-0.05, 0) is 37.8 Å². The van der Waals surface area contributed by atoms with E-state index in [9.17, 15) is 14.0 Å². The van der Waals surface area contributed by atoms with Gasteiger partial charge in [-0.2, -0.15) is 0 Å². The number of nitrogens with one attached hydrogen (secondary N) is 1. The van der Waals surface area contributed by atoms with Crippen molar-refractivity contribution in [3.8, 4) is 0 Å². The predicted octanol–water partition coefficient (Wildman–Crippen LogP) is 3.41. The van der Waals surface area contributed by atoms with Gasteiger partial charge in [0.1, 0.15) is 5.82 Å². The van der Waals surface area contributed by atoms with E-state index in [2.05, 4.69) is 10.2 Å². The van der Waals surface area contributed by atoms with Gasteiger partial charge in [0.05, 0.1) is 11.3 Å². The standard InChI is InChI=1S/C19H27FN2O2/c1-13(23)17-15(20)8-5-9-16(17)22-10-6-7-14(12-22)11-21-18(24)19(2,3)4/h5,8-9,14H,6-7,10-12H2,1-4H3,(H,21,24). The van der Waals surface area contributed by atoms with Gasteiger partial charge < -0.3 is 10.2 Å². The summed E-state index contributed by atoms with van der Waals surface area (Å²) in [6.45, 7) is 9.19. The van der Waals surface area contributed by atoms with E-state index in [-0.39, 0.29) is 17.3 Å². The number of rotatable bonds is 4. The lowest BCUT2D eigenvalue weighted by atomic mass is 9.93. The highest BCUT2D eigenvalue weighted by Crippen LogP contribution is 2.28. The molecule has 1 unspecified atom stereocenters. The molecular formula is C19H27FN2O2. The Kier molecular flexibility index (Phi) is 5.62. The summed E-state index contributed by atoms with van der Waals surface area (Å²) in [7, 11) is 0. The molecule has 1 heterocycles. The number of anilines is 1. The molecule has 1 atom stereocenters. The zero-order chi connectivity index (χ0) is 17.9. The molecule has 1 fully saturated rings. The molecule has 1 saturated heterocycles. The molecule has 2 rings (SSSR count). The van der Waals surface area contributed by atoms with Crippen LogP contribution in [-0.4, -0.2) is 31.3 Å². The first kappa shape index (κ1) is 18.4. The quantitative estimate of drug-likeness (QED) is 0.859. The van der Waals surface area contributed by atoms with Crippen LogP contribution in [0.15, 0.2) is 18.2 Å². The van der Waals surface area contributed by atoms with Gasteiger partial charge >= 0.3 is 0 Å². The lowest BCUT2D eigenvalue weighted by Gasteiger charge is -2.35. The summed E-state index contributed by atoms with van der Waals surface area (Å²) in [5, 5.41) is 3.01. The highest BCUT2D eigenvalue weighted by molar-refractivity contribution is 6.00. The molecular weight excluding hydrogens is 307 g/mol. The third kappa shape index (κ3) is 4.34. The molecule has 5 heteroatoms. The second-order valence-electron chi connectivity index (χ2n) is 7.60. The van der Waals surface area contributed by atoms with Crippen LogP contribution in [-0.2, 0) is 4.79 Å². The number of halogens is 1. The zero-order valence-corrected chi connectivity index (χ0v) is 15.0. The van der Waals surface area contributed by atoms with E-state index < -0.39 is 11.2 Å². The zero-order valence-electron chi connectivity index (χ0n) is 15.0. The normalized spacial score (nSPS) is 18.4. The molecule has 0 aromatic heterocycles. The molecule has 1 amide bonds. The van der Waals surface area contributed by atoms with E-state index in [1.807, 2.05) is 20.8 Å². The van der Waals surface area contributed by atoms with Crippen LogP contribution >= 0.6 is 0 Å². The van der Waals surface area contributed by atoms with Crippen molar-refractivity contribution in [3.63, 3.8) is 0 Å². The van der Waals surface area contributed by atoms with Gasteiger partial charge in [0.2, 0.25) is 5.91 Å². The number of benzene rings is 1. The Bertz CT molecular complexity index is 622. The second kappa shape index (κ2) is 7.32. The number of nitrogens with zero attached hydrogens (tertiary/aromatic N) is 1. The Balaban J connectivity index is 2.08. The Morgan fingerprint density at radius 3 is 2.67 bits per heavy atom. The van der Waals surface area contributed by atoms with Crippen molar-refractivity contribution >= 4 is 17.4 Å². The molecule has 0 spiro atoms. The minimum atomic E-state index is -0.469. The van der Waals surface area contributed by atoms with Crippen molar-refractivity contribution < 1.29 is 14.0 Å². The number of piperidine rings is 1. The van der Waals surface area contributed by atoms with Crippen LogP contribution < -0.4 is 10.2 Å². The van der Waals surface area contributed by atoms with Crippen molar-refractivity contribution in [3.05, 3.63) is 29.6 Å². The molecule has 4 nitrogen and oxygen atoms in total. The van der Waals surface area contributed by atoms with Gasteiger partial charge in [0, 0.05) is 25.0 Å². The SMILES string of the molecule is CC(=O)c1c(F)cccc1N1CCCC(CNC(=O)C(C)(C)C)C1. The number of hydrogen-bond acceptors (Lipinski definition) is 3. The van der Waals surface area contributed by atoms with Crippen molar-refractivity contribution in [2.45, 2.75) is 40.5 Å². The molecule has 0 aliphatic carbocycles. The van der Waals surface area contributed by atoms with Crippen molar-refractivity contribution in [2.75, 3.05) is 24.5 Å². The lowest BCUT2D eigenvalue weighted by Crippen LogP contribution is -2.43. The largest absolute Gasteiger partial charge is 0.371 e. The number of amides is 1. The summed E-state index contributed by atoms with van der Waals surface area (Å²) >= 11 is 0. The summed E-state index contributed by atoms with van der Waals surface area (Å²) in [6.07, 6.45) is 1.98. The average molecular weight is 334 g/mol. The lowest BCUT2D eigenvalue weighted by molar-refractivity contribution is -0.128. The Morgan fingerprint density at radius 1 is 1.33 bits per heavy atom. The highest BCUT2D eigenvalue weighted by atomic mass is 19.1. The van der Waals surface area contributed by atoms with Crippen molar-refractivity contribution in [2.24, 2.45) is 11.3 Å². The molecule has 0 saturated carbocycles. The molecule has 0 radical (unpaired) electrons. The van der Waals surface area contributed by atoms with E-state index in [0.717, 1.165) is 19.4 Å². The minimum Gasteiger partial charge on any atom is -0.371 e. The molecule has 24 heavy (non-hydrogen) atoms. The molecule has 1 aliphatic rings. The number of Topliss-reactive ketones (excluding diaryl/α,β-unsaturated/α-hetero) is 1. The van der Waals surface area contributed by atoms with Gasteiger partial charge in [-0.15, -0.1) is 0 Å². The fraction of sp³-hybridized carbons (Fsp3) is 0.579. The number of carbonyl (C=O) groups is 2. The molecule has 1 aromatic carbocycles. The Labute approximate surface area is 143 Å². The molecule has 1 aromatic rings. The third-order valence-corrected chi connectivity index (χ3v) is 4.44. The van der Waals surface area contributed by atoms with Crippen LogP contribution in [0.2, 0.25) is 0 Å². The predicted molar refractivity (Wildman–Crippen MR) is 93.8 cm³/mol. The minimum absolute atomic E-state index is 0.0369. The topological polar surface area (TPSA) is 49.4 Å². The third-order valence-electron chi connectivity index (χ3n) is 4.44. The van der Waals surface area contributed by atoms with Gasteiger partial charge in [-0.3, -0.25) is 9.59 Å². The summed E-state index contributed by atoms with van der Waals surface area (Å²) in [4.78, 5) is 25.9. The number of ketones is 1. The van der Waals surface area contributed by atoms with Gasteiger partial charge in [-0.25, -0.2) is 4.39 Å². The van der Waals surface area contributed by atoms with Crippen LogP contribution in [0.25, 0.3) is 0 Å². The van der Waals surface area contributed by atoms with Crippen LogP contribution in [0.4, 0.5) is 10.1 Å². The van der Waals surface area contributed by atoms with Gasteiger partial charge in [0.15, 0.2) is 5.78 Å². The van der Waals surface area contributed by atoms with Crippen molar-refractivity contribution in [1.29, 1.82) is 0 Å². The summed E-state index contributed by atoms with van der Waals surface area (Å²) in [6, 6.07) is 4.77. The van der Waals surface area contributed by atoms with Gasteiger partial charge in [-0.1, -0.05) is 26.8 Å². The maximum Gasteiger partial charge on any atom is 0.225 e. The van der Waals surface area contributed by atoms with E-state index in [0.29, 0.717) is 24.7 Å². The average Bonchev–Trinajstić information content (AvgIpc) is 2.51. The van der Waals surface area contributed by atoms with Crippen LogP contribution in [0, 0.1) is 17.2 Å². The molecule has 132 valence electrons. The van der Waals surface area contributed by atoms with E-state index in [1.165, 1.54) is 13.0 Å². The first-order valence-corrected chi connectivity index (χ1v) is 8.53. The Hall–Kier alpha value is -1.91. The second-order valence-corrected chi connectivity index (χ2v) is 7.60. The van der Waals surface area contributed by atoms with E-state index in [1.54, 1.807) is 12.1 Å². The Morgan fingerprint density at radius 2 is 2.04 bits per heavy atom. The van der Waals surface area contributed by atoms with Gasteiger partial charge in [0.25, 0.3) is 0 Å². The smallest absolute Gasteiger partial charge is 0.225 e. The summed E-state index contributed by atoms with van der Waals surface area (Å²) < 4.78 is 14.0. The molecule has 1 aliphatic heterocycles. The highest BCUT2D eigenvalue weighted by Gasteiger charge is 2.26. The fourth-order valence-corrected chi connectivity index (χ4v) is 3.08. The monoisotopic (exact) mass is 334 g/mol. The number of carbonyl (C=O) groups excluding carboxylic acids is 2. The maximum absolute atomic E-state index is 14.0. The fourth-order valence-electron chi connectivity index (χ4n) is 3.08. The molecule has 1 N–H and O–H groups in total. The van der Waals surface area contributed by atoms with Crippen LogP contribution in [0.3, 0.4) is 0 Å². The molecule has 0 bridgehead atoms. The first-order valence-electron chi connectivity index (χ1n) is 8.53. The number of hydrogen-bond donors (Lipinski definition) is 1. The van der Waals surface area contributed by atoms with E-state index >= 15 is 0 Å². The first-order chi connectivity index (χ1) is 11.2. The van der Waals surface area contributed by atoms with Crippen LogP contribution in [0.1, 0.15) is 50.9 Å². The van der Waals surface area contributed by atoms with E-state index in [4.69, 9.17) is 0 Å². The maximum atomic E-state index is 14.0.